The van der Waals surface area contributed by atoms with Gasteiger partial charge in [0.25, 0.3) is 0 Å². The van der Waals surface area contributed by atoms with Crippen molar-refractivity contribution in [2.24, 2.45) is 11.8 Å². The van der Waals surface area contributed by atoms with Gasteiger partial charge in [-0.05, 0) is 18.8 Å². The van der Waals surface area contributed by atoms with E-state index in [4.69, 9.17) is 5.11 Å². The van der Waals surface area contributed by atoms with Crippen molar-refractivity contribution in [2.45, 2.75) is 39.5 Å². The molecule has 6 heteroatoms. The lowest BCUT2D eigenvalue weighted by Crippen LogP contribution is -2.42. The van der Waals surface area contributed by atoms with Crippen LogP contribution in [0, 0.1) is 11.8 Å². The average Bonchev–Trinajstić information content (AvgIpc) is 2.36. The number of sulfonamides is 1. The Morgan fingerprint density at radius 1 is 1.28 bits per heavy atom. The zero-order chi connectivity index (χ0) is 13.8. The summed E-state index contributed by atoms with van der Waals surface area (Å²) in [7, 11) is -3.22. The SMILES string of the molecule is CCC(CC)CS(=O)(=O)N1CCC(C(=O)O)CC1. The summed E-state index contributed by atoms with van der Waals surface area (Å²) >= 11 is 0. The summed E-state index contributed by atoms with van der Waals surface area (Å²) in [5, 5.41) is 8.88. The van der Waals surface area contributed by atoms with Crippen LogP contribution in [0.1, 0.15) is 39.5 Å². The minimum absolute atomic E-state index is 0.192. The topological polar surface area (TPSA) is 74.7 Å². The maximum atomic E-state index is 12.2. The molecule has 0 unspecified atom stereocenters. The summed E-state index contributed by atoms with van der Waals surface area (Å²) in [6.07, 6.45) is 2.58. The Morgan fingerprint density at radius 2 is 1.78 bits per heavy atom. The molecule has 0 spiro atoms. The number of nitrogens with zero attached hydrogens (tertiary/aromatic N) is 1. The molecule has 5 nitrogen and oxygen atoms in total. The minimum Gasteiger partial charge on any atom is -0.481 e. The van der Waals surface area contributed by atoms with Gasteiger partial charge >= 0.3 is 5.97 Å². The molecule has 0 aromatic rings. The fourth-order valence-corrected chi connectivity index (χ4v) is 4.35. The van der Waals surface area contributed by atoms with E-state index in [-0.39, 0.29) is 17.6 Å². The quantitative estimate of drug-likeness (QED) is 0.799. The predicted octanol–water partition coefficient (Wildman–Crippen LogP) is 1.55. The van der Waals surface area contributed by atoms with Crippen molar-refractivity contribution in [1.29, 1.82) is 0 Å². The van der Waals surface area contributed by atoms with Gasteiger partial charge in [0.05, 0.1) is 11.7 Å². The second kappa shape index (κ2) is 6.52. The molecule has 0 radical (unpaired) electrons. The molecule has 1 N–H and O–H groups in total. The van der Waals surface area contributed by atoms with E-state index >= 15 is 0 Å². The Morgan fingerprint density at radius 3 is 2.17 bits per heavy atom. The number of carbonyl (C=O) groups is 1. The molecule has 106 valence electrons. The molecule has 1 saturated heterocycles. The number of hydrogen-bond acceptors (Lipinski definition) is 3. The summed E-state index contributed by atoms with van der Waals surface area (Å²) in [6, 6.07) is 0. The van der Waals surface area contributed by atoms with Crippen molar-refractivity contribution < 1.29 is 18.3 Å². The van der Waals surface area contributed by atoms with Gasteiger partial charge in [-0.2, -0.15) is 0 Å². The van der Waals surface area contributed by atoms with Gasteiger partial charge < -0.3 is 5.11 Å². The van der Waals surface area contributed by atoms with Gasteiger partial charge in [0.1, 0.15) is 0 Å². The number of aliphatic carboxylic acids is 1. The van der Waals surface area contributed by atoms with Crippen molar-refractivity contribution in [3.05, 3.63) is 0 Å². The normalized spacial score (nSPS) is 19.3. The molecule has 18 heavy (non-hydrogen) atoms. The molecule has 0 aromatic heterocycles. The van der Waals surface area contributed by atoms with Crippen LogP contribution in [-0.2, 0) is 14.8 Å². The van der Waals surface area contributed by atoms with Gasteiger partial charge in [0.2, 0.25) is 10.0 Å². The largest absolute Gasteiger partial charge is 0.481 e. The standard InChI is InChI=1S/C12H23NO4S/c1-3-10(4-2)9-18(16,17)13-7-5-11(6-8-13)12(14)15/h10-11H,3-9H2,1-2H3,(H,14,15). The summed E-state index contributed by atoms with van der Waals surface area (Å²) in [4.78, 5) is 10.8. The molecule has 1 fully saturated rings. The smallest absolute Gasteiger partial charge is 0.306 e. The first-order chi connectivity index (χ1) is 8.40. The molecule has 0 aliphatic carbocycles. The number of piperidine rings is 1. The van der Waals surface area contributed by atoms with Crippen molar-refractivity contribution in [2.75, 3.05) is 18.8 Å². The van der Waals surface area contributed by atoms with Gasteiger partial charge in [-0.3, -0.25) is 4.79 Å². The number of carboxylic acid groups (broad SMARTS) is 1. The lowest BCUT2D eigenvalue weighted by molar-refractivity contribution is -0.142. The first-order valence-corrected chi connectivity index (χ1v) is 8.22. The highest BCUT2D eigenvalue weighted by Crippen LogP contribution is 2.22. The molecule has 0 bridgehead atoms. The molecule has 1 heterocycles. The van der Waals surface area contributed by atoms with Crippen molar-refractivity contribution in [3.63, 3.8) is 0 Å². The predicted molar refractivity (Wildman–Crippen MR) is 69.8 cm³/mol. The third-order valence-electron chi connectivity index (χ3n) is 3.80. The summed E-state index contributed by atoms with van der Waals surface area (Å²) in [6.45, 7) is 4.69. The number of hydrogen-bond donors (Lipinski definition) is 1. The second-order valence-corrected chi connectivity index (χ2v) is 6.99. The summed E-state index contributed by atoms with van der Waals surface area (Å²) < 4.78 is 25.8. The molecule has 0 atom stereocenters. The second-order valence-electron chi connectivity index (χ2n) is 4.97. The van der Waals surface area contributed by atoms with Crippen molar-refractivity contribution >= 4 is 16.0 Å². The maximum absolute atomic E-state index is 12.2. The lowest BCUT2D eigenvalue weighted by atomic mass is 9.99. The fraction of sp³-hybridized carbons (Fsp3) is 0.917. The van der Waals surface area contributed by atoms with E-state index in [2.05, 4.69) is 0 Å². The van der Waals surface area contributed by atoms with E-state index in [0.717, 1.165) is 12.8 Å². The highest BCUT2D eigenvalue weighted by molar-refractivity contribution is 7.89. The minimum atomic E-state index is -3.22. The Labute approximate surface area is 109 Å². The molecule has 1 rings (SSSR count). The van der Waals surface area contributed by atoms with E-state index in [0.29, 0.717) is 25.9 Å². The van der Waals surface area contributed by atoms with Crippen LogP contribution in [0.3, 0.4) is 0 Å². The Balaban J connectivity index is 2.58. The van der Waals surface area contributed by atoms with Crippen LogP contribution in [-0.4, -0.2) is 42.6 Å². The van der Waals surface area contributed by atoms with Gasteiger partial charge in [-0.1, -0.05) is 26.7 Å². The van der Waals surface area contributed by atoms with Gasteiger partial charge in [0.15, 0.2) is 0 Å². The highest BCUT2D eigenvalue weighted by atomic mass is 32.2. The van der Waals surface area contributed by atoms with Gasteiger partial charge in [0, 0.05) is 13.1 Å². The summed E-state index contributed by atoms with van der Waals surface area (Å²) in [5.41, 5.74) is 0. The molecular formula is C12H23NO4S. The monoisotopic (exact) mass is 277 g/mol. The Bertz CT molecular complexity index is 368. The van der Waals surface area contributed by atoms with Crippen LogP contribution in [0.25, 0.3) is 0 Å². The Kier molecular flexibility index (Phi) is 5.59. The zero-order valence-electron chi connectivity index (χ0n) is 11.1. The third-order valence-corrected chi connectivity index (χ3v) is 5.84. The first kappa shape index (κ1) is 15.4. The zero-order valence-corrected chi connectivity index (χ0v) is 11.9. The first-order valence-electron chi connectivity index (χ1n) is 6.61. The molecule has 1 aliphatic rings. The van der Waals surface area contributed by atoms with Crippen molar-refractivity contribution in [1.82, 2.24) is 4.31 Å². The van der Waals surface area contributed by atoms with Crippen LogP contribution in [0.15, 0.2) is 0 Å². The average molecular weight is 277 g/mol. The molecule has 0 saturated carbocycles. The molecule has 1 aliphatic heterocycles. The van der Waals surface area contributed by atoms with Crippen LogP contribution < -0.4 is 0 Å². The summed E-state index contributed by atoms with van der Waals surface area (Å²) in [5.74, 6) is -0.804. The number of carboxylic acids is 1. The number of rotatable bonds is 6. The molecule has 0 amide bonds. The third kappa shape index (κ3) is 3.95. The fourth-order valence-electron chi connectivity index (χ4n) is 2.31. The Hall–Kier alpha value is -0.620. The van der Waals surface area contributed by atoms with E-state index in [1.54, 1.807) is 0 Å². The molecule has 0 aromatic carbocycles. The van der Waals surface area contributed by atoms with E-state index in [9.17, 15) is 13.2 Å². The highest BCUT2D eigenvalue weighted by Gasteiger charge is 2.31. The van der Waals surface area contributed by atoms with E-state index in [1.807, 2.05) is 13.8 Å². The van der Waals surface area contributed by atoms with Gasteiger partial charge in [-0.15, -0.1) is 0 Å². The van der Waals surface area contributed by atoms with Gasteiger partial charge in [-0.25, -0.2) is 12.7 Å². The van der Waals surface area contributed by atoms with E-state index < -0.39 is 16.0 Å². The maximum Gasteiger partial charge on any atom is 0.306 e. The van der Waals surface area contributed by atoms with Crippen molar-refractivity contribution in [3.8, 4) is 0 Å². The van der Waals surface area contributed by atoms with Crippen LogP contribution >= 0.6 is 0 Å². The lowest BCUT2D eigenvalue weighted by Gasteiger charge is -2.30. The van der Waals surface area contributed by atoms with E-state index in [1.165, 1.54) is 4.31 Å². The van der Waals surface area contributed by atoms with Crippen LogP contribution in [0.5, 0.6) is 0 Å². The molecular weight excluding hydrogens is 254 g/mol. The van der Waals surface area contributed by atoms with Crippen LogP contribution in [0.4, 0.5) is 0 Å². The van der Waals surface area contributed by atoms with Crippen LogP contribution in [0.2, 0.25) is 0 Å².